The van der Waals surface area contributed by atoms with E-state index in [-0.39, 0.29) is 5.92 Å². The van der Waals surface area contributed by atoms with Gasteiger partial charge in [0.25, 0.3) is 0 Å². The number of hydrogen-bond donors (Lipinski definition) is 1. The molecule has 6 nitrogen and oxygen atoms in total. The molecule has 1 N–H and O–H groups in total. The number of aromatic amines is 1. The van der Waals surface area contributed by atoms with Gasteiger partial charge in [0.15, 0.2) is 0 Å². The Bertz CT molecular complexity index is 1080. The van der Waals surface area contributed by atoms with Gasteiger partial charge in [0.2, 0.25) is 10.0 Å². The molecule has 1 atom stereocenters. The number of benzene rings is 2. The summed E-state index contributed by atoms with van der Waals surface area (Å²) in [6, 6.07) is 16.1. The molecule has 2 heterocycles. The van der Waals surface area contributed by atoms with Crippen LogP contribution in [0, 0.1) is 6.92 Å². The average Bonchev–Trinajstić information content (AvgIpc) is 3.38. The summed E-state index contributed by atoms with van der Waals surface area (Å²) in [5, 5.41) is 8.02. The highest BCUT2D eigenvalue weighted by molar-refractivity contribution is 7.89. The third-order valence-electron chi connectivity index (χ3n) is 5.09. The second-order valence-electron chi connectivity index (χ2n) is 7.22. The van der Waals surface area contributed by atoms with Crippen LogP contribution >= 0.6 is 11.6 Å². The van der Waals surface area contributed by atoms with Crippen LogP contribution in [0.15, 0.2) is 59.5 Å². The third kappa shape index (κ3) is 4.47. The maximum absolute atomic E-state index is 12.9. The highest BCUT2D eigenvalue weighted by atomic mass is 35.5. The van der Waals surface area contributed by atoms with Crippen LogP contribution in [0.1, 0.15) is 29.3 Å². The summed E-state index contributed by atoms with van der Waals surface area (Å²) < 4.78 is 33.0. The molecule has 2 aromatic carbocycles. The van der Waals surface area contributed by atoms with E-state index >= 15 is 0 Å². The fourth-order valence-corrected chi connectivity index (χ4v) is 5.03. The molecule has 0 radical (unpaired) electrons. The second kappa shape index (κ2) is 8.18. The van der Waals surface area contributed by atoms with Gasteiger partial charge in [0.1, 0.15) is 12.4 Å². The molecule has 0 unspecified atom stereocenters. The molecule has 8 heteroatoms. The van der Waals surface area contributed by atoms with Crippen LogP contribution in [0.5, 0.6) is 5.75 Å². The first kappa shape index (κ1) is 19.9. The zero-order chi connectivity index (χ0) is 20.4. The number of H-pyrrole nitrogens is 1. The zero-order valence-corrected chi connectivity index (χ0v) is 17.6. The summed E-state index contributed by atoms with van der Waals surface area (Å²) in [4.78, 5) is 0.336. The average molecular weight is 432 g/mol. The van der Waals surface area contributed by atoms with Crippen LogP contribution in [-0.4, -0.2) is 36.0 Å². The van der Waals surface area contributed by atoms with Gasteiger partial charge < -0.3 is 4.74 Å². The maximum atomic E-state index is 12.9. The van der Waals surface area contributed by atoms with Crippen molar-refractivity contribution >= 4 is 21.6 Å². The highest BCUT2D eigenvalue weighted by Crippen LogP contribution is 2.30. The summed E-state index contributed by atoms with van der Waals surface area (Å²) in [5.41, 5.74) is 2.74. The molecular weight excluding hydrogens is 410 g/mol. The Kier molecular flexibility index (Phi) is 5.63. The standard InChI is InChI=1S/C21H22ClN3O3S/c1-15-2-8-20(9-3-15)29(26,27)25-11-10-16(13-25)21-12-18(23-24-21)14-28-19-6-4-17(22)5-7-19/h2-9,12,16H,10-11,13-14H2,1H3,(H,23,24)/t16-/m1/s1. The minimum Gasteiger partial charge on any atom is -0.487 e. The van der Waals surface area contributed by atoms with Gasteiger partial charge in [0, 0.05) is 24.0 Å². The molecule has 0 saturated carbocycles. The van der Waals surface area contributed by atoms with E-state index in [2.05, 4.69) is 10.2 Å². The largest absolute Gasteiger partial charge is 0.487 e. The van der Waals surface area contributed by atoms with Gasteiger partial charge in [-0.3, -0.25) is 5.10 Å². The number of nitrogens with one attached hydrogen (secondary N) is 1. The Morgan fingerprint density at radius 2 is 1.90 bits per heavy atom. The molecule has 29 heavy (non-hydrogen) atoms. The molecule has 1 fully saturated rings. The van der Waals surface area contributed by atoms with E-state index in [1.165, 1.54) is 0 Å². The van der Waals surface area contributed by atoms with Crippen molar-refractivity contribution in [3.63, 3.8) is 0 Å². The van der Waals surface area contributed by atoms with Crippen molar-refractivity contribution < 1.29 is 13.2 Å². The SMILES string of the molecule is Cc1ccc(S(=O)(=O)N2CC[C@@H](c3cc(COc4ccc(Cl)cc4)[nH]n3)C2)cc1. The molecule has 0 aliphatic carbocycles. The second-order valence-corrected chi connectivity index (χ2v) is 9.60. The third-order valence-corrected chi connectivity index (χ3v) is 7.22. The molecule has 152 valence electrons. The highest BCUT2D eigenvalue weighted by Gasteiger charge is 2.34. The molecule has 1 aliphatic rings. The van der Waals surface area contributed by atoms with Crippen LogP contribution in [0.3, 0.4) is 0 Å². The number of aromatic nitrogens is 2. The Morgan fingerprint density at radius 3 is 2.62 bits per heavy atom. The number of halogens is 1. The number of hydrogen-bond acceptors (Lipinski definition) is 4. The summed E-state index contributed by atoms with van der Waals surface area (Å²) >= 11 is 5.88. The van der Waals surface area contributed by atoms with Crippen LogP contribution in [0.2, 0.25) is 5.02 Å². The molecule has 1 aliphatic heterocycles. The number of aryl methyl sites for hydroxylation is 1. The van der Waals surface area contributed by atoms with Gasteiger partial charge in [-0.05, 0) is 55.8 Å². The summed E-state index contributed by atoms with van der Waals surface area (Å²) in [6.07, 6.45) is 0.743. The van der Waals surface area contributed by atoms with Crippen molar-refractivity contribution in [3.8, 4) is 5.75 Å². The number of sulfonamides is 1. The quantitative estimate of drug-likeness (QED) is 0.636. The lowest BCUT2D eigenvalue weighted by molar-refractivity contribution is 0.301. The van der Waals surface area contributed by atoms with E-state index in [9.17, 15) is 8.42 Å². The van der Waals surface area contributed by atoms with E-state index in [0.717, 1.165) is 29.1 Å². The lowest BCUT2D eigenvalue weighted by atomic mass is 10.1. The molecular formula is C21H22ClN3O3S. The van der Waals surface area contributed by atoms with Gasteiger partial charge in [-0.25, -0.2) is 8.42 Å². The predicted molar refractivity (Wildman–Crippen MR) is 112 cm³/mol. The van der Waals surface area contributed by atoms with E-state index in [1.807, 2.05) is 37.3 Å². The lowest BCUT2D eigenvalue weighted by Crippen LogP contribution is -2.28. The predicted octanol–water partition coefficient (Wildman–Crippen LogP) is 4.13. The fraction of sp³-hybridized carbons (Fsp3) is 0.286. The Hall–Kier alpha value is -2.35. The molecule has 1 saturated heterocycles. The number of rotatable bonds is 6. The summed E-state index contributed by atoms with van der Waals surface area (Å²) in [5.74, 6) is 0.789. The normalized spacial score (nSPS) is 17.5. The summed E-state index contributed by atoms with van der Waals surface area (Å²) in [7, 11) is -3.48. The first-order valence-corrected chi connectivity index (χ1v) is 11.2. The monoisotopic (exact) mass is 431 g/mol. The van der Waals surface area contributed by atoms with Crippen molar-refractivity contribution in [2.75, 3.05) is 13.1 Å². The first-order chi connectivity index (χ1) is 13.9. The Labute approximate surface area is 175 Å². The Morgan fingerprint density at radius 1 is 1.17 bits per heavy atom. The van der Waals surface area contributed by atoms with Gasteiger partial charge in [-0.1, -0.05) is 29.3 Å². The van der Waals surface area contributed by atoms with E-state index in [4.69, 9.17) is 16.3 Å². The number of ether oxygens (including phenoxy) is 1. The zero-order valence-electron chi connectivity index (χ0n) is 16.0. The summed E-state index contributed by atoms with van der Waals surface area (Å²) in [6.45, 7) is 3.21. The lowest BCUT2D eigenvalue weighted by Gasteiger charge is -2.16. The Balaban J connectivity index is 1.39. The molecule has 0 spiro atoms. The topological polar surface area (TPSA) is 75.3 Å². The van der Waals surface area contributed by atoms with Crippen molar-refractivity contribution in [1.82, 2.24) is 14.5 Å². The van der Waals surface area contributed by atoms with E-state index in [1.54, 1.807) is 28.6 Å². The maximum Gasteiger partial charge on any atom is 0.243 e. The molecule has 1 aromatic heterocycles. The molecule has 0 bridgehead atoms. The van der Waals surface area contributed by atoms with Crippen molar-refractivity contribution in [3.05, 3.63) is 76.6 Å². The smallest absolute Gasteiger partial charge is 0.243 e. The van der Waals surface area contributed by atoms with Crippen LogP contribution in [0.25, 0.3) is 0 Å². The van der Waals surface area contributed by atoms with Gasteiger partial charge in [0.05, 0.1) is 16.3 Å². The first-order valence-electron chi connectivity index (χ1n) is 9.41. The van der Waals surface area contributed by atoms with Crippen molar-refractivity contribution in [1.29, 1.82) is 0 Å². The van der Waals surface area contributed by atoms with Crippen LogP contribution in [0.4, 0.5) is 0 Å². The van der Waals surface area contributed by atoms with E-state index < -0.39 is 10.0 Å². The minimum atomic E-state index is -3.48. The van der Waals surface area contributed by atoms with Gasteiger partial charge in [-0.2, -0.15) is 9.40 Å². The molecule has 3 aromatic rings. The van der Waals surface area contributed by atoms with E-state index in [0.29, 0.717) is 29.6 Å². The van der Waals surface area contributed by atoms with Crippen LogP contribution in [-0.2, 0) is 16.6 Å². The van der Waals surface area contributed by atoms with Gasteiger partial charge >= 0.3 is 0 Å². The molecule has 4 rings (SSSR count). The van der Waals surface area contributed by atoms with Crippen LogP contribution < -0.4 is 4.74 Å². The van der Waals surface area contributed by atoms with Gasteiger partial charge in [-0.15, -0.1) is 0 Å². The van der Waals surface area contributed by atoms with Crippen molar-refractivity contribution in [2.45, 2.75) is 30.8 Å². The minimum absolute atomic E-state index is 0.0655. The fourth-order valence-electron chi connectivity index (χ4n) is 3.40. The molecule has 0 amide bonds. The number of nitrogens with zero attached hydrogens (tertiary/aromatic N) is 2. The van der Waals surface area contributed by atoms with Crippen molar-refractivity contribution in [2.24, 2.45) is 0 Å².